The smallest absolute Gasteiger partial charge is 0.457 e. The van der Waals surface area contributed by atoms with E-state index in [1.807, 2.05) is 78.4 Å². The molecule has 11 rings (SSSR count). The lowest BCUT2D eigenvalue weighted by Gasteiger charge is -2.26. The monoisotopic (exact) mass is 932 g/mol. The Morgan fingerprint density at radius 2 is 1.20 bits per heavy atom. The van der Waals surface area contributed by atoms with Crippen LogP contribution in [0.25, 0.3) is 61.0 Å². The largest absolute Gasteiger partial charge is 0.503 e. The van der Waals surface area contributed by atoms with Gasteiger partial charge >= 0.3 is 6.01 Å². The van der Waals surface area contributed by atoms with Gasteiger partial charge < -0.3 is 4.74 Å². The Morgan fingerprint density at radius 1 is 0.521 bits per heavy atom. The highest BCUT2D eigenvalue weighted by atomic mass is 16.5. The van der Waals surface area contributed by atoms with E-state index in [-0.39, 0.29) is 42.3 Å². The van der Waals surface area contributed by atoms with Crippen LogP contribution in [-0.2, 0) is 16.2 Å². The van der Waals surface area contributed by atoms with Crippen LogP contribution in [0, 0.1) is 0 Å². The molecule has 0 atom stereocenters. The fourth-order valence-corrected chi connectivity index (χ4v) is 9.74. The van der Waals surface area contributed by atoms with Crippen molar-refractivity contribution in [2.45, 2.75) is 78.5 Å². The van der Waals surface area contributed by atoms with Gasteiger partial charge in [0.1, 0.15) is 17.3 Å². The highest BCUT2D eigenvalue weighted by Gasteiger charge is 2.40. The van der Waals surface area contributed by atoms with Crippen LogP contribution in [0.2, 0.25) is 0 Å². The zero-order valence-electron chi connectivity index (χ0n) is 48.3. The molecule has 10 aromatic rings. The van der Waals surface area contributed by atoms with Gasteiger partial charge in [-0.15, -0.1) is 0 Å². The molecular weight excluding hydrogens is 865 g/mol. The molecule has 5 heteroatoms. The van der Waals surface area contributed by atoms with E-state index in [1.54, 1.807) is 12.1 Å². The predicted octanol–water partition coefficient (Wildman–Crippen LogP) is 17.7. The molecule has 1 aliphatic rings. The number of nitrogens with zero attached hydrogens (tertiary/aromatic N) is 4. The molecule has 8 aromatic carbocycles. The highest BCUT2D eigenvalue weighted by Crippen LogP contribution is 2.49. The lowest BCUT2D eigenvalue weighted by atomic mass is 9.78. The van der Waals surface area contributed by atoms with Gasteiger partial charge in [-0.05, 0) is 113 Å². The second kappa shape index (κ2) is 17.4. The van der Waals surface area contributed by atoms with Crippen LogP contribution in [0.1, 0.15) is 88.6 Å². The van der Waals surface area contributed by atoms with Crippen molar-refractivity contribution in [2.75, 3.05) is 0 Å². The first-order chi connectivity index (χ1) is 37.3. The SMILES string of the molecule is [2H]CC(C)(C[2H])c1cc(-c2ccc(-c3c([2H])c([2H])c([2H])c([2H])c3[2H])cc2)c([N+]2=C=[N+](c3cccc(Oc4ccc5c6ccccc6n(-c6cc(C(C)(C)C)ccn6)c5c4)c3)c3ccccc32)c(-c2ccccc2C(C)(C)C)c1. The van der Waals surface area contributed by atoms with Crippen LogP contribution in [0.5, 0.6) is 11.5 Å². The van der Waals surface area contributed by atoms with Crippen molar-refractivity contribution >= 4 is 50.6 Å². The molecule has 0 unspecified atom stereocenters. The summed E-state index contributed by atoms with van der Waals surface area (Å²) in [6.07, 6.45) is 1.89. The van der Waals surface area contributed by atoms with Crippen molar-refractivity contribution in [3.63, 3.8) is 0 Å². The van der Waals surface area contributed by atoms with E-state index in [2.05, 4.69) is 148 Å². The summed E-state index contributed by atoms with van der Waals surface area (Å²) in [4.78, 5) is 4.88. The first-order valence-corrected chi connectivity index (χ1v) is 24.1. The van der Waals surface area contributed by atoms with Gasteiger partial charge in [0.2, 0.25) is 11.4 Å². The normalized spacial score (nSPS) is 14.2. The van der Waals surface area contributed by atoms with Crippen molar-refractivity contribution < 1.29 is 14.3 Å². The first kappa shape index (κ1) is 37.7. The summed E-state index contributed by atoms with van der Waals surface area (Å²) in [7, 11) is 0. The quantitative estimate of drug-likeness (QED) is 0.142. The highest BCUT2D eigenvalue weighted by molar-refractivity contribution is 6.09. The van der Waals surface area contributed by atoms with Crippen molar-refractivity contribution in [2.24, 2.45) is 0 Å². The lowest BCUT2D eigenvalue weighted by Crippen LogP contribution is -2.16. The van der Waals surface area contributed by atoms with Gasteiger partial charge in [-0.2, -0.15) is 0 Å². The van der Waals surface area contributed by atoms with E-state index < -0.39 is 23.5 Å². The Hall–Kier alpha value is -8.11. The molecule has 0 aliphatic carbocycles. The number of aromatic nitrogens is 2. The van der Waals surface area contributed by atoms with Crippen molar-refractivity contribution in [3.8, 4) is 50.7 Å². The molecule has 0 amide bonds. The van der Waals surface area contributed by atoms with Crippen LogP contribution in [0.3, 0.4) is 0 Å². The Morgan fingerprint density at radius 3 is 1.96 bits per heavy atom. The molecule has 348 valence electrons. The topological polar surface area (TPSA) is 33.1 Å². The second-order valence-electron chi connectivity index (χ2n) is 20.9. The Kier molecular flexibility index (Phi) is 9.24. The zero-order chi connectivity index (χ0) is 55.0. The summed E-state index contributed by atoms with van der Waals surface area (Å²) in [6, 6.07) is 57.2. The summed E-state index contributed by atoms with van der Waals surface area (Å²) >= 11 is 0. The van der Waals surface area contributed by atoms with Gasteiger partial charge in [-0.3, -0.25) is 4.57 Å². The van der Waals surface area contributed by atoms with Gasteiger partial charge in [-0.25, -0.2) is 4.98 Å². The molecule has 5 nitrogen and oxygen atoms in total. The van der Waals surface area contributed by atoms with Crippen molar-refractivity contribution in [3.05, 3.63) is 217 Å². The number of fused-ring (bicyclic) bond motifs is 4. The Balaban J connectivity index is 1.11. The third-order valence-electron chi connectivity index (χ3n) is 13.4. The molecule has 2 aromatic heterocycles. The first-order valence-electron chi connectivity index (χ1n) is 28.0. The molecule has 3 heterocycles. The predicted molar refractivity (Wildman–Crippen MR) is 298 cm³/mol. The fraction of sp³-hybridized carbons (Fsp3) is 0.182. The van der Waals surface area contributed by atoms with Gasteiger partial charge in [0.25, 0.3) is 11.4 Å². The number of para-hydroxylation sites is 3. The van der Waals surface area contributed by atoms with Crippen molar-refractivity contribution in [1.82, 2.24) is 18.7 Å². The summed E-state index contributed by atoms with van der Waals surface area (Å²) in [6.45, 7) is 15.2. The van der Waals surface area contributed by atoms with Crippen LogP contribution < -0.4 is 13.9 Å². The molecule has 0 saturated heterocycles. The van der Waals surface area contributed by atoms with Crippen LogP contribution >= 0.6 is 0 Å². The van der Waals surface area contributed by atoms with Crippen LogP contribution in [0.4, 0.5) is 22.7 Å². The molecule has 1 aliphatic heterocycles. The van der Waals surface area contributed by atoms with Gasteiger partial charge in [-0.1, -0.05) is 177 Å². The van der Waals surface area contributed by atoms with E-state index in [0.29, 0.717) is 17.1 Å². The maximum atomic E-state index is 8.81. The lowest BCUT2D eigenvalue weighted by molar-refractivity contribution is 0.483. The summed E-state index contributed by atoms with van der Waals surface area (Å²) in [5, 5.41) is 2.22. The molecule has 0 bridgehead atoms. The minimum atomic E-state index is -0.829. The number of hydrogen-bond acceptors (Lipinski definition) is 2. The Bertz CT molecular complexity index is 4090. The number of ether oxygens (including phenoxy) is 1. The molecule has 71 heavy (non-hydrogen) atoms. The maximum Gasteiger partial charge on any atom is 0.503 e. The van der Waals surface area contributed by atoms with Gasteiger partial charge in [0.15, 0.2) is 0 Å². The van der Waals surface area contributed by atoms with Gasteiger partial charge in [0, 0.05) is 44.0 Å². The molecule has 0 spiro atoms. The van der Waals surface area contributed by atoms with Crippen LogP contribution in [-0.4, -0.2) is 15.6 Å². The standard InChI is InChI=1S/C66H60N4O/c1-64(2,3)47-36-37-67-62(40-47)70-58-27-16-14-25-53(58)54-35-34-51(42-61(54)70)71-50-23-19-22-49(41-50)68-43-69(60-29-18-17-28-59(60)68)63-55(46-32-30-45(31-33-46)44-20-11-10-12-21-44)38-48(65(4,5)6)39-56(63)52-24-13-15-26-57(52)66(7,8)9/h10-42H,1-9H3/q+2/i4D,5D,10D,11D,12D,20D,21D. The minimum Gasteiger partial charge on any atom is -0.457 e. The Labute approximate surface area is 428 Å². The number of pyridine rings is 1. The van der Waals surface area contributed by atoms with E-state index in [4.69, 9.17) is 19.3 Å². The van der Waals surface area contributed by atoms with E-state index in [9.17, 15) is 0 Å². The molecule has 0 radical (unpaired) electrons. The zero-order valence-corrected chi connectivity index (χ0v) is 41.3. The maximum absolute atomic E-state index is 8.81. The fourth-order valence-electron chi connectivity index (χ4n) is 9.74. The van der Waals surface area contributed by atoms with E-state index in [1.165, 1.54) is 5.56 Å². The number of hydrogen-bond donors (Lipinski definition) is 0. The second-order valence-corrected chi connectivity index (χ2v) is 20.9. The number of rotatable bonds is 8. The summed E-state index contributed by atoms with van der Waals surface area (Å²) < 4.78 is 73.4. The van der Waals surface area contributed by atoms with E-state index >= 15 is 0 Å². The third-order valence-corrected chi connectivity index (χ3v) is 13.4. The summed E-state index contributed by atoms with van der Waals surface area (Å²) in [5.74, 6) is 2.14. The minimum absolute atomic E-state index is 0.0130. The number of benzene rings is 8. The van der Waals surface area contributed by atoms with Gasteiger partial charge in [0.05, 0.1) is 35.1 Å². The molecule has 0 fully saturated rings. The average Bonchev–Trinajstić information content (AvgIpc) is 4.21. The average molecular weight is 932 g/mol. The van der Waals surface area contributed by atoms with Crippen molar-refractivity contribution in [1.29, 1.82) is 0 Å². The molecule has 0 N–H and O–H groups in total. The summed E-state index contributed by atoms with van der Waals surface area (Å²) in [5.41, 5.74) is 11.5. The van der Waals surface area contributed by atoms with Crippen LogP contribution in [0.15, 0.2) is 200 Å². The molecule has 0 saturated carbocycles. The third kappa shape index (κ3) is 8.47. The van der Waals surface area contributed by atoms with E-state index in [0.717, 1.165) is 83.8 Å². The molecular formula is C66H60N4O+2.